The minimum Gasteiger partial charge on any atom is -0.477 e. The maximum Gasteiger partial charge on any atom is 0.573 e. The van der Waals surface area contributed by atoms with E-state index in [0.717, 1.165) is 12.1 Å². The van der Waals surface area contributed by atoms with Gasteiger partial charge in [-0.05, 0) is 12.1 Å². The van der Waals surface area contributed by atoms with E-state index in [2.05, 4.69) is 4.74 Å². The predicted molar refractivity (Wildman–Crippen MR) is 60.4 cm³/mol. The molecule has 19 heavy (non-hydrogen) atoms. The summed E-state index contributed by atoms with van der Waals surface area (Å²) in [5, 5.41) is 8.61. The van der Waals surface area contributed by atoms with Crippen molar-refractivity contribution in [3.63, 3.8) is 0 Å². The number of hydrogen-bond donors (Lipinski definition) is 1. The van der Waals surface area contributed by atoms with Crippen LogP contribution in [0, 0.1) is 5.82 Å². The molecule has 0 fully saturated rings. The van der Waals surface area contributed by atoms with Crippen LogP contribution in [-0.2, 0) is 0 Å². The Balaban J connectivity index is 2.62. The summed E-state index contributed by atoms with van der Waals surface area (Å²) >= 11 is 6.15. The molecule has 0 atom stereocenters. The zero-order valence-electron chi connectivity index (χ0n) is 8.72. The van der Waals surface area contributed by atoms with Crippen molar-refractivity contribution in [1.29, 1.82) is 0 Å². The van der Waals surface area contributed by atoms with E-state index in [9.17, 15) is 22.4 Å². The van der Waals surface area contributed by atoms with Crippen LogP contribution in [0.15, 0.2) is 12.1 Å². The fraction of sp³-hybridized carbons (Fsp3) is 0.100. The summed E-state index contributed by atoms with van der Waals surface area (Å²) in [6.45, 7) is 0. The first-order valence-corrected chi connectivity index (χ1v) is 5.79. The van der Waals surface area contributed by atoms with Crippen LogP contribution in [0.3, 0.4) is 0 Å². The number of rotatable bonds is 2. The van der Waals surface area contributed by atoms with Crippen LogP contribution in [0.25, 0.3) is 10.1 Å². The number of carboxylic acids is 1. The lowest BCUT2D eigenvalue weighted by atomic mass is 10.2. The predicted octanol–water partition coefficient (Wildman–Crippen LogP) is 4.29. The molecule has 1 heterocycles. The number of hydrogen-bond acceptors (Lipinski definition) is 3. The third-order valence-corrected chi connectivity index (χ3v) is 3.81. The molecule has 2 aromatic rings. The second-order valence-electron chi connectivity index (χ2n) is 3.35. The smallest absolute Gasteiger partial charge is 0.477 e. The molecule has 1 N–H and O–H groups in total. The molecule has 0 spiro atoms. The first kappa shape index (κ1) is 13.9. The zero-order valence-corrected chi connectivity index (χ0v) is 10.3. The Morgan fingerprint density at radius 3 is 2.53 bits per heavy atom. The van der Waals surface area contributed by atoms with Crippen molar-refractivity contribution in [3.05, 3.63) is 27.8 Å². The van der Waals surface area contributed by atoms with Gasteiger partial charge >= 0.3 is 12.3 Å². The molecule has 2 rings (SSSR count). The Morgan fingerprint density at radius 2 is 2.00 bits per heavy atom. The van der Waals surface area contributed by atoms with E-state index in [-0.39, 0.29) is 20.0 Å². The van der Waals surface area contributed by atoms with Crippen molar-refractivity contribution in [1.82, 2.24) is 0 Å². The monoisotopic (exact) mass is 314 g/mol. The first-order valence-electron chi connectivity index (χ1n) is 4.60. The molecule has 0 aliphatic heterocycles. The highest BCUT2D eigenvalue weighted by molar-refractivity contribution is 7.21. The second-order valence-corrected chi connectivity index (χ2v) is 4.75. The van der Waals surface area contributed by atoms with Crippen molar-refractivity contribution < 1.29 is 32.2 Å². The van der Waals surface area contributed by atoms with Crippen LogP contribution in [0.5, 0.6) is 5.75 Å². The molecule has 1 aromatic carbocycles. The van der Waals surface area contributed by atoms with Gasteiger partial charge in [0.05, 0.1) is 9.72 Å². The van der Waals surface area contributed by atoms with Crippen LogP contribution in [0.2, 0.25) is 5.02 Å². The van der Waals surface area contributed by atoms with Gasteiger partial charge < -0.3 is 9.84 Å². The van der Waals surface area contributed by atoms with Crippen LogP contribution in [0.1, 0.15) is 9.67 Å². The fourth-order valence-electron chi connectivity index (χ4n) is 1.42. The molecule has 0 bridgehead atoms. The van der Waals surface area contributed by atoms with Gasteiger partial charge in [-0.1, -0.05) is 11.6 Å². The second kappa shape index (κ2) is 4.53. The summed E-state index contributed by atoms with van der Waals surface area (Å²) < 4.78 is 53.1. The molecule has 0 aliphatic rings. The summed E-state index contributed by atoms with van der Waals surface area (Å²) in [7, 11) is 0. The van der Waals surface area contributed by atoms with Gasteiger partial charge in [-0.15, -0.1) is 24.5 Å². The maximum absolute atomic E-state index is 13.8. The lowest BCUT2D eigenvalue weighted by Crippen LogP contribution is -2.17. The summed E-state index contributed by atoms with van der Waals surface area (Å²) in [6, 6.07) is 1.82. The quantitative estimate of drug-likeness (QED) is 0.841. The average molecular weight is 315 g/mol. The summed E-state index contributed by atoms with van der Waals surface area (Å²) in [5.74, 6) is -3.71. The van der Waals surface area contributed by atoms with Crippen molar-refractivity contribution >= 4 is 39.0 Å². The Labute approximate surface area is 112 Å². The van der Waals surface area contributed by atoms with E-state index in [1.54, 1.807) is 0 Å². The molecular formula is C10H3ClF4O3S. The number of carbonyl (C=O) groups is 1. The number of alkyl halides is 3. The number of halogens is 5. The van der Waals surface area contributed by atoms with E-state index in [4.69, 9.17) is 16.7 Å². The van der Waals surface area contributed by atoms with Gasteiger partial charge in [0.15, 0.2) is 11.6 Å². The first-order chi connectivity index (χ1) is 8.70. The van der Waals surface area contributed by atoms with Crippen LogP contribution in [-0.4, -0.2) is 17.4 Å². The molecule has 1 aromatic heterocycles. The Kier molecular flexibility index (Phi) is 3.31. The normalized spacial score (nSPS) is 11.8. The molecule has 0 saturated heterocycles. The molecule has 9 heteroatoms. The standard InChI is InChI=1S/C10H3ClF4O3S/c11-5-3-1-2-4(18-10(13,14)15)6(12)7(3)19-8(5)9(16)17/h1-2H,(H,16,17). The lowest BCUT2D eigenvalue weighted by molar-refractivity contribution is -0.275. The molecular weight excluding hydrogens is 312 g/mol. The summed E-state index contributed by atoms with van der Waals surface area (Å²) in [4.78, 5) is 10.5. The number of ether oxygens (including phenoxy) is 1. The Hall–Kier alpha value is -1.54. The highest BCUT2D eigenvalue weighted by Crippen LogP contribution is 2.40. The number of aromatic carboxylic acids is 1. The molecule has 0 aliphatic carbocycles. The van der Waals surface area contributed by atoms with Gasteiger partial charge in [0, 0.05) is 5.39 Å². The highest BCUT2D eigenvalue weighted by atomic mass is 35.5. The topological polar surface area (TPSA) is 46.5 Å². The van der Waals surface area contributed by atoms with Crippen LogP contribution < -0.4 is 4.74 Å². The highest BCUT2D eigenvalue weighted by Gasteiger charge is 2.33. The minimum atomic E-state index is -5.04. The third-order valence-electron chi connectivity index (χ3n) is 2.12. The van der Waals surface area contributed by atoms with Gasteiger partial charge in [-0.2, -0.15) is 0 Å². The van der Waals surface area contributed by atoms with Gasteiger partial charge in [0.1, 0.15) is 4.88 Å². The molecule has 0 unspecified atom stereocenters. The summed E-state index contributed by atoms with van der Waals surface area (Å²) in [6.07, 6.45) is -5.04. The minimum absolute atomic E-state index is 0.0242. The number of benzene rings is 1. The SMILES string of the molecule is O=C(O)c1sc2c(F)c(OC(F)(F)F)ccc2c1Cl. The Bertz CT molecular complexity index is 665. The van der Waals surface area contributed by atoms with Gasteiger partial charge in [0.2, 0.25) is 0 Å². The number of fused-ring (bicyclic) bond motifs is 1. The van der Waals surface area contributed by atoms with E-state index in [1.807, 2.05) is 0 Å². The van der Waals surface area contributed by atoms with Crippen molar-refractivity contribution in [2.45, 2.75) is 6.36 Å². The van der Waals surface area contributed by atoms with Crippen LogP contribution in [0.4, 0.5) is 17.6 Å². The average Bonchev–Trinajstić information content (AvgIpc) is 2.59. The zero-order chi connectivity index (χ0) is 14.4. The van der Waals surface area contributed by atoms with E-state index < -0.39 is 23.9 Å². The van der Waals surface area contributed by atoms with Gasteiger partial charge in [-0.25, -0.2) is 9.18 Å². The van der Waals surface area contributed by atoms with Crippen molar-refractivity contribution in [2.75, 3.05) is 0 Å². The molecule has 3 nitrogen and oxygen atoms in total. The largest absolute Gasteiger partial charge is 0.573 e. The van der Waals surface area contributed by atoms with Crippen LogP contribution >= 0.6 is 22.9 Å². The third kappa shape index (κ3) is 2.59. The van der Waals surface area contributed by atoms with Gasteiger partial charge in [0.25, 0.3) is 0 Å². The fourth-order valence-corrected chi connectivity index (χ4v) is 2.79. The van der Waals surface area contributed by atoms with Crippen molar-refractivity contribution in [2.24, 2.45) is 0 Å². The van der Waals surface area contributed by atoms with Crippen molar-refractivity contribution in [3.8, 4) is 5.75 Å². The van der Waals surface area contributed by atoms with Gasteiger partial charge in [-0.3, -0.25) is 0 Å². The number of thiophene rings is 1. The maximum atomic E-state index is 13.8. The molecule has 102 valence electrons. The van der Waals surface area contributed by atoms with E-state index >= 15 is 0 Å². The Morgan fingerprint density at radius 1 is 1.37 bits per heavy atom. The number of carboxylic acid groups (broad SMARTS) is 1. The summed E-state index contributed by atoms with van der Waals surface area (Å²) in [5.41, 5.74) is 0. The lowest BCUT2D eigenvalue weighted by Gasteiger charge is -2.09. The molecule has 0 saturated carbocycles. The molecule has 0 radical (unpaired) electrons. The van der Waals surface area contributed by atoms with E-state index in [0.29, 0.717) is 11.3 Å². The molecule has 0 amide bonds. The van der Waals surface area contributed by atoms with E-state index in [1.165, 1.54) is 0 Å².